The Morgan fingerprint density at radius 3 is 2.06 bits per heavy atom. The second-order valence-electron chi connectivity index (χ2n) is 8.61. The topological polar surface area (TPSA) is 38.7 Å². The van der Waals surface area contributed by atoms with Gasteiger partial charge in [-0.2, -0.15) is 8.78 Å². The standard InChI is InChI=1S/C27H26F4O3/c1-33-22-12-13-23(27(31)26(22)30)34-15-17-4-8-19(9-5-17)21-11-10-20(24(28)25(21)29)18-6-2-16(14-32)3-7-18/h4-5,8-13,16,18,32H,2-3,6-7,14-15H2,1H3. The molecule has 3 nitrogen and oxygen atoms in total. The number of aliphatic hydroxyl groups excluding tert-OH is 1. The zero-order chi connectivity index (χ0) is 24.2. The van der Waals surface area contributed by atoms with Gasteiger partial charge in [-0.15, -0.1) is 0 Å². The van der Waals surface area contributed by atoms with Gasteiger partial charge in [-0.05, 0) is 66.3 Å². The van der Waals surface area contributed by atoms with E-state index in [1.807, 2.05) is 0 Å². The van der Waals surface area contributed by atoms with Crippen molar-refractivity contribution >= 4 is 0 Å². The fraction of sp³-hybridized carbons (Fsp3) is 0.333. The van der Waals surface area contributed by atoms with E-state index in [4.69, 9.17) is 9.47 Å². The molecule has 1 aliphatic carbocycles. The Kier molecular flexibility index (Phi) is 7.41. The highest BCUT2D eigenvalue weighted by molar-refractivity contribution is 5.65. The van der Waals surface area contributed by atoms with Gasteiger partial charge in [-0.1, -0.05) is 36.4 Å². The van der Waals surface area contributed by atoms with Crippen LogP contribution in [0.1, 0.15) is 42.7 Å². The third-order valence-corrected chi connectivity index (χ3v) is 6.55. The van der Waals surface area contributed by atoms with E-state index in [1.165, 1.54) is 19.2 Å². The average molecular weight is 474 g/mol. The summed E-state index contributed by atoms with van der Waals surface area (Å²) in [6.45, 7) is 0.102. The lowest BCUT2D eigenvalue weighted by atomic mass is 9.78. The molecule has 1 fully saturated rings. The van der Waals surface area contributed by atoms with Gasteiger partial charge in [-0.25, -0.2) is 8.78 Å². The van der Waals surface area contributed by atoms with Crippen LogP contribution in [0.5, 0.6) is 11.5 Å². The van der Waals surface area contributed by atoms with E-state index in [0.29, 0.717) is 16.7 Å². The predicted octanol–water partition coefficient (Wildman–Crippen LogP) is 6.76. The largest absolute Gasteiger partial charge is 0.494 e. The van der Waals surface area contributed by atoms with Gasteiger partial charge in [0.25, 0.3) is 0 Å². The molecule has 1 aliphatic rings. The van der Waals surface area contributed by atoms with Gasteiger partial charge in [0.05, 0.1) is 7.11 Å². The van der Waals surface area contributed by atoms with Crippen molar-refractivity contribution in [3.05, 3.63) is 82.9 Å². The van der Waals surface area contributed by atoms with Crippen molar-refractivity contribution in [2.75, 3.05) is 13.7 Å². The first-order valence-electron chi connectivity index (χ1n) is 11.3. The zero-order valence-electron chi connectivity index (χ0n) is 18.8. The van der Waals surface area contributed by atoms with Crippen LogP contribution >= 0.6 is 0 Å². The molecule has 1 N–H and O–H groups in total. The van der Waals surface area contributed by atoms with Gasteiger partial charge in [0.2, 0.25) is 11.6 Å². The Labute approximate surface area is 196 Å². The SMILES string of the molecule is COc1ccc(OCc2ccc(-c3ccc(C4CCC(CO)CC4)c(F)c3F)cc2)c(F)c1F. The van der Waals surface area contributed by atoms with E-state index in [-0.39, 0.29) is 42.1 Å². The minimum absolute atomic E-state index is 0.0325. The van der Waals surface area contributed by atoms with Crippen molar-refractivity contribution in [2.45, 2.75) is 38.2 Å². The average Bonchev–Trinajstić information content (AvgIpc) is 2.87. The van der Waals surface area contributed by atoms with Gasteiger partial charge in [0.1, 0.15) is 6.61 Å². The Morgan fingerprint density at radius 1 is 0.765 bits per heavy atom. The summed E-state index contributed by atoms with van der Waals surface area (Å²) in [5.74, 6) is -4.25. The minimum Gasteiger partial charge on any atom is -0.494 e. The van der Waals surface area contributed by atoms with Gasteiger partial charge in [-0.3, -0.25) is 0 Å². The van der Waals surface area contributed by atoms with Crippen LogP contribution in [0, 0.1) is 29.2 Å². The van der Waals surface area contributed by atoms with Crippen LogP contribution in [0.3, 0.4) is 0 Å². The van der Waals surface area contributed by atoms with Crippen molar-refractivity contribution in [1.82, 2.24) is 0 Å². The second kappa shape index (κ2) is 10.5. The molecule has 7 heteroatoms. The van der Waals surface area contributed by atoms with Crippen LogP contribution in [0.4, 0.5) is 17.6 Å². The van der Waals surface area contributed by atoms with Crippen molar-refractivity contribution in [3.8, 4) is 22.6 Å². The number of ether oxygens (including phenoxy) is 2. The Morgan fingerprint density at radius 2 is 1.41 bits per heavy atom. The molecule has 3 aromatic rings. The summed E-state index contributed by atoms with van der Waals surface area (Å²) in [4.78, 5) is 0. The monoisotopic (exact) mass is 474 g/mol. The first-order valence-corrected chi connectivity index (χ1v) is 11.3. The fourth-order valence-electron chi connectivity index (χ4n) is 4.48. The normalized spacial score (nSPS) is 18.1. The second-order valence-corrected chi connectivity index (χ2v) is 8.61. The third-order valence-electron chi connectivity index (χ3n) is 6.55. The highest BCUT2D eigenvalue weighted by Gasteiger charge is 2.26. The Bertz CT molecular complexity index is 1140. The number of benzene rings is 3. The molecule has 0 atom stereocenters. The third kappa shape index (κ3) is 4.89. The Balaban J connectivity index is 1.46. The van der Waals surface area contributed by atoms with E-state index in [9.17, 15) is 22.7 Å². The zero-order valence-corrected chi connectivity index (χ0v) is 18.8. The molecule has 0 amide bonds. The number of rotatable bonds is 7. The Hall–Kier alpha value is -3.06. The van der Waals surface area contributed by atoms with Crippen LogP contribution in [-0.4, -0.2) is 18.8 Å². The van der Waals surface area contributed by atoms with E-state index in [1.54, 1.807) is 36.4 Å². The smallest absolute Gasteiger partial charge is 0.204 e. The highest BCUT2D eigenvalue weighted by atomic mass is 19.2. The molecule has 1 saturated carbocycles. The summed E-state index contributed by atoms with van der Waals surface area (Å²) in [7, 11) is 1.24. The molecule has 0 spiro atoms. The van der Waals surface area contributed by atoms with Crippen molar-refractivity contribution in [3.63, 3.8) is 0 Å². The van der Waals surface area contributed by atoms with Gasteiger partial charge < -0.3 is 14.6 Å². The number of methoxy groups -OCH3 is 1. The number of hydrogen-bond donors (Lipinski definition) is 1. The van der Waals surface area contributed by atoms with E-state index >= 15 is 0 Å². The van der Waals surface area contributed by atoms with Gasteiger partial charge in [0, 0.05) is 12.2 Å². The van der Waals surface area contributed by atoms with Crippen LogP contribution in [0.2, 0.25) is 0 Å². The maximum Gasteiger partial charge on any atom is 0.204 e. The molecular weight excluding hydrogens is 448 g/mol. The summed E-state index contributed by atoms with van der Waals surface area (Å²) in [6.07, 6.45) is 3.07. The van der Waals surface area contributed by atoms with Crippen molar-refractivity contribution < 1.29 is 32.1 Å². The maximum atomic E-state index is 14.9. The van der Waals surface area contributed by atoms with Crippen LogP contribution in [-0.2, 0) is 6.61 Å². The minimum atomic E-state index is -1.14. The van der Waals surface area contributed by atoms with Crippen LogP contribution in [0.25, 0.3) is 11.1 Å². The lowest BCUT2D eigenvalue weighted by molar-refractivity contribution is 0.181. The molecule has 0 unspecified atom stereocenters. The molecule has 3 aromatic carbocycles. The lowest BCUT2D eigenvalue weighted by Crippen LogP contribution is -2.17. The van der Waals surface area contributed by atoms with Crippen molar-refractivity contribution in [1.29, 1.82) is 0 Å². The van der Waals surface area contributed by atoms with Crippen molar-refractivity contribution in [2.24, 2.45) is 5.92 Å². The summed E-state index contributed by atoms with van der Waals surface area (Å²) >= 11 is 0. The molecule has 0 aromatic heterocycles. The van der Waals surface area contributed by atoms with Gasteiger partial charge >= 0.3 is 0 Å². The molecule has 4 rings (SSSR count). The molecular formula is C27H26F4O3. The van der Waals surface area contributed by atoms with E-state index in [2.05, 4.69) is 0 Å². The molecule has 34 heavy (non-hydrogen) atoms. The van der Waals surface area contributed by atoms with Gasteiger partial charge in [0.15, 0.2) is 23.1 Å². The molecule has 0 saturated heterocycles. The summed E-state index contributed by atoms with van der Waals surface area (Å²) in [5.41, 5.74) is 1.69. The molecule has 0 heterocycles. The summed E-state index contributed by atoms with van der Waals surface area (Å²) < 4.78 is 67.8. The first-order chi connectivity index (χ1) is 16.4. The molecule has 180 valence electrons. The fourth-order valence-corrected chi connectivity index (χ4v) is 4.48. The van der Waals surface area contributed by atoms with E-state index < -0.39 is 23.3 Å². The van der Waals surface area contributed by atoms with Crippen LogP contribution < -0.4 is 9.47 Å². The lowest BCUT2D eigenvalue weighted by Gasteiger charge is -2.28. The summed E-state index contributed by atoms with van der Waals surface area (Å²) in [5, 5.41) is 9.28. The number of aliphatic hydroxyl groups is 1. The highest BCUT2D eigenvalue weighted by Crippen LogP contribution is 2.39. The first kappa shape index (κ1) is 24.1. The number of hydrogen-bond acceptors (Lipinski definition) is 3. The maximum absolute atomic E-state index is 14.9. The number of halogens is 4. The van der Waals surface area contributed by atoms with E-state index in [0.717, 1.165) is 25.7 Å². The molecule has 0 aliphatic heterocycles. The van der Waals surface area contributed by atoms with Crippen LogP contribution in [0.15, 0.2) is 48.5 Å². The molecule has 0 bridgehead atoms. The quantitative estimate of drug-likeness (QED) is 0.385. The molecule has 0 radical (unpaired) electrons. The summed E-state index contributed by atoms with van der Waals surface area (Å²) in [6, 6.07) is 12.4. The predicted molar refractivity (Wildman–Crippen MR) is 121 cm³/mol.